The van der Waals surface area contributed by atoms with Gasteiger partial charge in [0.1, 0.15) is 17.5 Å². The maximum atomic E-state index is 9.02. The summed E-state index contributed by atoms with van der Waals surface area (Å²) in [6.45, 7) is 2.65. The third-order valence-corrected chi connectivity index (χ3v) is 3.70. The number of hydrogen-bond acceptors (Lipinski definition) is 3. The van der Waals surface area contributed by atoms with Crippen LogP contribution in [0.5, 0.6) is 5.75 Å². The molecule has 4 nitrogen and oxygen atoms in total. The van der Waals surface area contributed by atoms with E-state index < -0.39 is 0 Å². The van der Waals surface area contributed by atoms with E-state index in [0.29, 0.717) is 23.0 Å². The molecule has 1 heterocycles. The predicted molar refractivity (Wildman–Crippen MR) is 80.2 cm³/mol. The number of anilines is 1. The summed E-state index contributed by atoms with van der Waals surface area (Å²) in [5.41, 5.74) is 3.76. The number of benzene rings is 1. The monoisotopic (exact) mass is 289 g/mol. The Morgan fingerprint density at radius 2 is 2.15 bits per heavy atom. The standard InChI is InChI=1S/C15H16ClN3O/c1-10-11(6-13(8-17)19(10)2)9-18-12-4-5-14(16)15(7-12)20-3/h4-7,18H,9H2,1-3H3. The molecule has 0 bridgehead atoms. The molecule has 0 aliphatic heterocycles. The smallest absolute Gasteiger partial charge is 0.139 e. The highest BCUT2D eigenvalue weighted by molar-refractivity contribution is 6.32. The van der Waals surface area contributed by atoms with Crippen LogP contribution in [0.15, 0.2) is 24.3 Å². The lowest BCUT2D eigenvalue weighted by Gasteiger charge is -2.09. The fraction of sp³-hybridized carbons (Fsp3) is 0.267. The van der Waals surface area contributed by atoms with Gasteiger partial charge >= 0.3 is 0 Å². The van der Waals surface area contributed by atoms with Crippen LogP contribution in [0.3, 0.4) is 0 Å². The van der Waals surface area contributed by atoms with E-state index in [9.17, 15) is 0 Å². The number of ether oxygens (including phenoxy) is 1. The lowest BCUT2D eigenvalue weighted by molar-refractivity contribution is 0.415. The molecule has 0 saturated heterocycles. The van der Waals surface area contributed by atoms with Gasteiger partial charge in [-0.05, 0) is 30.7 Å². The molecule has 2 rings (SSSR count). The lowest BCUT2D eigenvalue weighted by atomic mass is 10.2. The minimum absolute atomic E-state index is 0.584. The number of nitrogens with one attached hydrogen (secondary N) is 1. The second-order valence-corrected chi connectivity index (χ2v) is 4.92. The van der Waals surface area contributed by atoms with E-state index in [2.05, 4.69) is 11.4 Å². The van der Waals surface area contributed by atoms with Gasteiger partial charge in [0.2, 0.25) is 0 Å². The third-order valence-electron chi connectivity index (χ3n) is 3.39. The van der Waals surface area contributed by atoms with Crippen LogP contribution in [0.2, 0.25) is 5.02 Å². The number of nitriles is 1. The summed E-state index contributed by atoms with van der Waals surface area (Å²) >= 11 is 5.99. The van der Waals surface area contributed by atoms with Crippen molar-refractivity contribution < 1.29 is 4.74 Å². The van der Waals surface area contributed by atoms with Crippen LogP contribution in [0, 0.1) is 18.3 Å². The molecule has 0 radical (unpaired) electrons. The van der Waals surface area contributed by atoms with Gasteiger partial charge < -0.3 is 14.6 Å². The van der Waals surface area contributed by atoms with E-state index in [1.165, 1.54) is 0 Å². The zero-order valence-electron chi connectivity index (χ0n) is 11.7. The van der Waals surface area contributed by atoms with E-state index in [0.717, 1.165) is 16.9 Å². The van der Waals surface area contributed by atoms with Crippen molar-refractivity contribution >= 4 is 17.3 Å². The summed E-state index contributed by atoms with van der Waals surface area (Å²) in [4.78, 5) is 0. The van der Waals surface area contributed by atoms with Gasteiger partial charge in [-0.2, -0.15) is 5.26 Å². The Morgan fingerprint density at radius 1 is 1.40 bits per heavy atom. The normalized spacial score (nSPS) is 10.2. The first kappa shape index (κ1) is 14.3. The summed E-state index contributed by atoms with van der Waals surface area (Å²) in [6.07, 6.45) is 0. The molecule has 0 fully saturated rings. The van der Waals surface area contributed by atoms with Gasteiger partial charge in [0.15, 0.2) is 0 Å². The highest BCUT2D eigenvalue weighted by Gasteiger charge is 2.08. The van der Waals surface area contributed by atoms with Crippen molar-refractivity contribution in [3.8, 4) is 11.8 Å². The molecule has 0 amide bonds. The second-order valence-electron chi connectivity index (χ2n) is 4.51. The average molecular weight is 290 g/mol. The third kappa shape index (κ3) is 2.73. The molecule has 104 valence electrons. The highest BCUT2D eigenvalue weighted by atomic mass is 35.5. The van der Waals surface area contributed by atoms with Crippen LogP contribution in [0.1, 0.15) is 17.0 Å². The minimum Gasteiger partial charge on any atom is -0.495 e. The predicted octanol–water partition coefficient (Wildman–Crippen LogP) is 3.48. The van der Waals surface area contributed by atoms with Crippen molar-refractivity contribution in [3.63, 3.8) is 0 Å². The maximum absolute atomic E-state index is 9.02. The van der Waals surface area contributed by atoms with Crippen LogP contribution >= 0.6 is 11.6 Å². The van der Waals surface area contributed by atoms with Gasteiger partial charge in [0.05, 0.1) is 12.1 Å². The number of hydrogen-bond donors (Lipinski definition) is 1. The molecule has 0 spiro atoms. The topological polar surface area (TPSA) is 50.0 Å². The Bertz CT molecular complexity index is 670. The van der Waals surface area contributed by atoms with Gasteiger partial charge in [-0.25, -0.2) is 0 Å². The van der Waals surface area contributed by atoms with Crippen molar-refractivity contribution in [3.05, 3.63) is 46.2 Å². The number of halogens is 1. The quantitative estimate of drug-likeness (QED) is 0.937. The molecular weight excluding hydrogens is 274 g/mol. The van der Waals surface area contributed by atoms with Gasteiger partial charge in [0, 0.05) is 31.0 Å². The molecule has 0 saturated carbocycles. The summed E-state index contributed by atoms with van der Waals surface area (Å²) in [7, 11) is 3.48. The van der Waals surface area contributed by atoms with E-state index >= 15 is 0 Å². The minimum atomic E-state index is 0.584. The molecule has 5 heteroatoms. The van der Waals surface area contributed by atoms with Crippen molar-refractivity contribution in [2.75, 3.05) is 12.4 Å². The fourth-order valence-corrected chi connectivity index (χ4v) is 2.21. The van der Waals surface area contributed by atoms with Gasteiger partial charge in [-0.15, -0.1) is 0 Å². The molecule has 1 aromatic heterocycles. The molecule has 2 aromatic rings. The van der Waals surface area contributed by atoms with Crippen LogP contribution < -0.4 is 10.1 Å². The van der Waals surface area contributed by atoms with Crippen LogP contribution in [-0.2, 0) is 13.6 Å². The summed E-state index contributed by atoms with van der Waals surface area (Å²) < 4.78 is 7.07. The molecule has 0 unspecified atom stereocenters. The zero-order chi connectivity index (χ0) is 14.7. The van der Waals surface area contributed by atoms with E-state index in [4.69, 9.17) is 21.6 Å². The van der Waals surface area contributed by atoms with Gasteiger partial charge in [0.25, 0.3) is 0 Å². The molecular formula is C15H16ClN3O. The van der Waals surface area contributed by atoms with Crippen molar-refractivity contribution in [1.82, 2.24) is 4.57 Å². The average Bonchev–Trinajstić information content (AvgIpc) is 2.74. The summed E-state index contributed by atoms with van der Waals surface area (Å²) in [5.74, 6) is 0.638. The number of rotatable bonds is 4. The second kappa shape index (κ2) is 5.89. The molecule has 0 aliphatic rings. The fourth-order valence-electron chi connectivity index (χ4n) is 2.02. The Morgan fingerprint density at radius 3 is 2.75 bits per heavy atom. The first-order valence-electron chi connectivity index (χ1n) is 6.19. The van der Waals surface area contributed by atoms with E-state index in [1.807, 2.05) is 36.7 Å². The number of nitrogens with zero attached hydrogens (tertiary/aromatic N) is 2. The van der Waals surface area contributed by atoms with Crippen molar-refractivity contribution in [2.24, 2.45) is 7.05 Å². The van der Waals surface area contributed by atoms with Crippen molar-refractivity contribution in [1.29, 1.82) is 5.26 Å². The Labute approximate surface area is 123 Å². The SMILES string of the molecule is COc1cc(NCc2cc(C#N)n(C)c2C)ccc1Cl. The largest absolute Gasteiger partial charge is 0.495 e. The zero-order valence-corrected chi connectivity index (χ0v) is 12.5. The Hall–Kier alpha value is -2.12. The lowest BCUT2D eigenvalue weighted by Crippen LogP contribution is -2.01. The van der Waals surface area contributed by atoms with E-state index in [1.54, 1.807) is 13.2 Å². The molecule has 1 aromatic carbocycles. The van der Waals surface area contributed by atoms with Gasteiger partial charge in [-0.3, -0.25) is 0 Å². The van der Waals surface area contributed by atoms with Crippen LogP contribution in [-0.4, -0.2) is 11.7 Å². The Kier molecular flexibility index (Phi) is 4.21. The maximum Gasteiger partial charge on any atom is 0.139 e. The first-order chi connectivity index (χ1) is 9.56. The summed E-state index contributed by atoms with van der Waals surface area (Å²) in [6, 6.07) is 9.62. The number of aromatic nitrogens is 1. The van der Waals surface area contributed by atoms with Gasteiger partial charge in [-0.1, -0.05) is 11.6 Å². The van der Waals surface area contributed by atoms with Crippen LogP contribution in [0.25, 0.3) is 0 Å². The molecule has 0 atom stereocenters. The van der Waals surface area contributed by atoms with Crippen LogP contribution in [0.4, 0.5) is 5.69 Å². The number of methoxy groups -OCH3 is 1. The highest BCUT2D eigenvalue weighted by Crippen LogP contribution is 2.27. The first-order valence-corrected chi connectivity index (χ1v) is 6.57. The molecule has 1 N–H and O–H groups in total. The Balaban J connectivity index is 2.15. The van der Waals surface area contributed by atoms with E-state index in [-0.39, 0.29) is 0 Å². The molecule has 20 heavy (non-hydrogen) atoms. The van der Waals surface area contributed by atoms with Crippen molar-refractivity contribution in [2.45, 2.75) is 13.5 Å². The summed E-state index contributed by atoms with van der Waals surface area (Å²) in [5, 5.41) is 12.9. The molecule has 0 aliphatic carbocycles.